The van der Waals surface area contributed by atoms with Crippen molar-refractivity contribution in [3.8, 4) is 17.2 Å². The molecule has 2 aliphatic rings. The Bertz CT molecular complexity index is 1730. The lowest BCUT2D eigenvalue weighted by Crippen LogP contribution is -2.46. The quantitative estimate of drug-likeness (QED) is 0.387. The number of rotatable bonds is 3. The number of likely N-dealkylation sites (tertiary alicyclic amines) is 1. The second-order valence-corrected chi connectivity index (χ2v) is 9.81. The van der Waals surface area contributed by atoms with Crippen LogP contribution in [0.1, 0.15) is 23.6 Å². The van der Waals surface area contributed by atoms with Gasteiger partial charge in [0, 0.05) is 49.2 Å². The molecule has 2 unspecified atom stereocenters. The van der Waals surface area contributed by atoms with Crippen LogP contribution in [-0.4, -0.2) is 32.6 Å². The largest absolute Gasteiger partial charge is 0.507 e. The van der Waals surface area contributed by atoms with Crippen LogP contribution in [0.5, 0.6) is 5.75 Å². The number of fused-ring (bicyclic) bond motifs is 6. The molecule has 1 N–H and O–H groups in total. The van der Waals surface area contributed by atoms with Gasteiger partial charge in [0.25, 0.3) is 5.56 Å². The van der Waals surface area contributed by atoms with Crippen LogP contribution >= 0.6 is 0 Å². The number of phenols is 1. The van der Waals surface area contributed by atoms with Gasteiger partial charge in [-0.1, -0.05) is 18.2 Å². The fourth-order valence-corrected chi connectivity index (χ4v) is 5.87. The number of aromatic nitrogens is 2. The molecule has 0 saturated carbocycles. The third kappa shape index (κ3) is 3.37. The predicted octanol–water partition coefficient (Wildman–Crippen LogP) is 4.09. The fraction of sp³-hybridized carbons (Fsp3) is 0.250. The zero-order chi connectivity index (χ0) is 24.4. The summed E-state index contributed by atoms with van der Waals surface area (Å²) < 4.78 is 13.5. The van der Waals surface area contributed by atoms with Crippen molar-refractivity contribution in [3.05, 3.63) is 92.7 Å². The van der Waals surface area contributed by atoms with E-state index >= 15 is 0 Å². The number of pyridine rings is 1. The van der Waals surface area contributed by atoms with Crippen LogP contribution in [0.3, 0.4) is 0 Å². The monoisotopic (exact) mass is 481 g/mol. The van der Waals surface area contributed by atoms with Crippen LogP contribution in [0.15, 0.2) is 79.1 Å². The van der Waals surface area contributed by atoms with Gasteiger partial charge in [0.2, 0.25) is 5.89 Å². The molecule has 5 heterocycles. The van der Waals surface area contributed by atoms with Crippen molar-refractivity contribution in [1.82, 2.24) is 14.5 Å². The summed E-state index contributed by atoms with van der Waals surface area (Å²) >= 11 is 0. The van der Waals surface area contributed by atoms with Crippen molar-refractivity contribution >= 4 is 22.1 Å². The summed E-state index contributed by atoms with van der Waals surface area (Å²) in [6.07, 6.45) is 1.05. The highest BCUT2D eigenvalue weighted by atomic mass is 16.4. The lowest BCUT2D eigenvalue weighted by Gasteiger charge is -2.42. The number of hydrogen-bond donors (Lipinski definition) is 1. The van der Waals surface area contributed by atoms with Crippen molar-refractivity contribution < 1.29 is 13.9 Å². The highest BCUT2D eigenvalue weighted by molar-refractivity contribution is 5.85. The number of aromatic hydroxyl groups is 1. The SMILES string of the molecule is O=c1oc2c(CN3CC4CC(C3)c3cccc(=O)n3C4)c(O)ccc2cc1-c1nc2ccccc2o1. The number of phenolic OH excluding ortho intramolecular Hbond substituents is 1. The standard InChI is InChI=1S/C28H23N3O5/c32-23-9-8-17-11-19(27-29-21-4-1-2-6-24(21)35-27)28(34)36-26(17)20(23)15-30-12-16-10-18(14-30)22-5-3-7-25(33)31(22)13-16/h1-9,11,16,18,32H,10,12-15H2. The summed E-state index contributed by atoms with van der Waals surface area (Å²) in [7, 11) is 0. The molecule has 5 aromatic rings. The van der Waals surface area contributed by atoms with Crippen molar-refractivity contribution in [2.75, 3.05) is 13.1 Å². The zero-order valence-electron chi connectivity index (χ0n) is 19.4. The van der Waals surface area contributed by atoms with Gasteiger partial charge in [0.05, 0.1) is 5.56 Å². The van der Waals surface area contributed by atoms with Crippen molar-refractivity contribution in [1.29, 1.82) is 0 Å². The third-order valence-electron chi connectivity index (χ3n) is 7.44. The van der Waals surface area contributed by atoms with Gasteiger partial charge in [0.1, 0.15) is 22.4 Å². The highest BCUT2D eigenvalue weighted by Crippen LogP contribution is 2.37. The van der Waals surface area contributed by atoms with Gasteiger partial charge in [-0.3, -0.25) is 9.69 Å². The first-order valence-electron chi connectivity index (χ1n) is 12.1. The Labute approximate surface area is 205 Å². The van der Waals surface area contributed by atoms with Crippen molar-refractivity contribution in [3.63, 3.8) is 0 Å². The van der Waals surface area contributed by atoms with Gasteiger partial charge in [-0.2, -0.15) is 0 Å². The Morgan fingerprint density at radius 2 is 1.86 bits per heavy atom. The van der Waals surface area contributed by atoms with Crippen LogP contribution in [0, 0.1) is 5.92 Å². The summed E-state index contributed by atoms with van der Waals surface area (Å²) in [5, 5.41) is 11.4. The molecule has 180 valence electrons. The van der Waals surface area contributed by atoms with E-state index in [1.165, 1.54) is 0 Å². The fourth-order valence-electron chi connectivity index (χ4n) is 5.87. The summed E-state index contributed by atoms with van der Waals surface area (Å²) in [6.45, 7) is 2.71. The number of oxazole rings is 1. The Morgan fingerprint density at radius 3 is 2.75 bits per heavy atom. The van der Waals surface area contributed by atoms with Gasteiger partial charge in [-0.05, 0) is 48.7 Å². The van der Waals surface area contributed by atoms with Crippen LogP contribution < -0.4 is 11.2 Å². The molecule has 3 aromatic heterocycles. The molecule has 7 rings (SSSR count). The zero-order valence-corrected chi connectivity index (χ0v) is 19.4. The average molecular weight is 482 g/mol. The van der Waals surface area contributed by atoms with Gasteiger partial charge in [0.15, 0.2) is 5.58 Å². The molecule has 1 saturated heterocycles. The highest BCUT2D eigenvalue weighted by Gasteiger charge is 2.35. The maximum absolute atomic E-state index is 13.0. The molecule has 0 radical (unpaired) electrons. The van der Waals surface area contributed by atoms with Crippen molar-refractivity contribution in [2.24, 2.45) is 5.92 Å². The summed E-state index contributed by atoms with van der Waals surface area (Å²) in [5.41, 5.74) is 3.01. The van der Waals surface area contributed by atoms with E-state index in [0.29, 0.717) is 46.6 Å². The van der Waals surface area contributed by atoms with Crippen LogP contribution in [0.25, 0.3) is 33.5 Å². The van der Waals surface area contributed by atoms with Crippen molar-refractivity contribution in [2.45, 2.75) is 25.4 Å². The normalized spacial score (nSPS) is 19.6. The minimum Gasteiger partial charge on any atom is -0.507 e. The van der Waals surface area contributed by atoms with Gasteiger partial charge in [-0.15, -0.1) is 0 Å². The lowest BCUT2D eigenvalue weighted by molar-refractivity contribution is 0.113. The molecule has 0 spiro atoms. The number of benzene rings is 2. The van der Waals surface area contributed by atoms with Crippen LogP contribution in [-0.2, 0) is 13.1 Å². The Morgan fingerprint density at radius 1 is 0.972 bits per heavy atom. The molecule has 2 aromatic carbocycles. The molecule has 0 aliphatic carbocycles. The Balaban J connectivity index is 1.24. The predicted molar refractivity (Wildman–Crippen MR) is 134 cm³/mol. The Kier molecular flexibility index (Phi) is 4.65. The summed E-state index contributed by atoms with van der Waals surface area (Å²) in [5.74, 6) is 0.902. The Hall–Kier alpha value is -4.17. The molecule has 8 heteroatoms. The van der Waals surface area contributed by atoms with Gasteiger partial charge in [-0.25, -0.2) is 9.78 Å². The molecular formula is C28H23N3O5. The van der Waals surface area contributed by atoms with Crippen LogP contribution in [0.4, 0.5) is 0 Å². The molecule has 0 amide bonds. The number of para-hydroxylation sites is 2. The second kappa shape index (κ2) is 7.93. The second-order valence-electron chi connectivity index (χ2n) is 9.81. The van der Waals surface area contributed by atoms with E-state index in [2.05, 4.69) is 9.88 Å². The topological polar surface area (TPSA) is 102 Å². The molecule has 8 nitrogen and oxygen atoms in total. The molecule has 1 fully saturated rings. The van der Waals surface area contributed by atoms with E-state index in [1.807, 2.05) is 34.9 Å². The van der Waals surface area contributed by atoms with Gasteiger partial charge < -0.3 is 18.5 Å². The minimum absolute atomic E-state index is 0.0545. The summed E-state index contributed by atoms with van der Waals surface area (Å²) in [6, 6.07) is 17.9. The first-order valence-corrected chi connectivity index (χ1v) is 12.1. The van der Waals surface area contributed by atoms with E-state index in [0.717, 1.165) is 25.2 Å². The van der Waals surface area contributed by atoms with Gasteiger partial charge >= 0.3 is 5.63 Å². The maximum atomic E-state index is 13.0. The average Bonchev–Trinajstić information content (AvgIpc) is 3.30. The minimum atomic E-state index is -0.565. The summed E-state index contributed by atoms with van der Waals surface area (Å²) in [4.78, 5) is 32.0. The first kappa shape index (κ1) is 21.1. The van der Waals surface area contributed by atoms with Crippen LogP contribution in [0.2, 0.25) is 0 Å². The number of piperidine rings is 1. The maximum Gasteiger partial charge on any atom is 0.349 e. The molecule has 2 aliphatic heterocycles. The third-order valence-corrected chi connectivity index (χ3v) is 7.44. The lowest BCUT2D eigenvalue weighted by atomic mass is 9.83. The van der Waals surface area contributed by atoms with E-state index in [-0.39, 0.29) is 28.7 Å². The molecule has 36 heavy (non-hydrogen) atoms. The smallest absolute Gasteiger partial charge is 0.349 e. The van der Waals surface area contributed by atoms with E-state index < -0.39 is 5.63 Å². The van der Waals surface area contributed by atoms with E-state index in [1.54, 1.807) is 30.3 Å². The molecular weight excluding hydrogens is 458 g/mol. The van der Waals surface area contributed by atoms with E-state index in [9.17, 15) is 14.7 Å². The molecule has 2 atom stereocenters. The van der Waals surface area contributed by atoms with E-state index in [4.69, 9.17) is 8.83 Å². The first-order chi connectivity index (χ1) is 17.5. The number of hydrogen-bond acceptors (Lipinski definition) is 7. The molecule has 2 bridgehead atoms. The number of nitrogens with zero attached hydrogens (tertiary/aromatic N) is 3.